The summed E-state index contributed by atoms with van der Waals surface area (Å²) in [4.78, 5) is 26.7. The standard InChI is InChI=1S/C15H19NO4S/c1-15(2)11(12(15)14(18)19)13(17)16-5-6-20-9(8-16)10-4-3-7-21-10/h3-4,7,9,11-12H,5-6,8H2,1-2H3,(H,18,19)/t9?,11-,12+/m1/s1. The maximum absolute atomic E-state index is 12.6. The molecular formula is C15H19NO4S. The van der Waals surface area contributed by atoms with Crippen molar-refractivity contribution in [1.29, 1.82) is 0 Å². The molecule has 1 aliphatic heterocycles. The van der Waals surface area contributed by atoms with Crippen LogP contribution in [0.2, 0.25) is 0 Å². The first-order valence-electron chi connectivity index (χ1n) is 7.09. The van der Waals surface area contributed by atoms with Gasteiger partial charge >= 0.3 is 5.97 Å². The minimum absolute atomic E-state index is 0.0442. The average Bonchev–Trinajstić information content (AvgIpc) is 2.81. The second-order valence-electron chi connectivity index (χ2n) is 6.27. The third-order valence-corrected chi connectivity index (χ3v) is 5.56. The molecule has 0 aromatic carbocycles. The molecule has 1 saturated carbocycles. The molecule has 2 heterocycles. The van der Waals surface area contributed by atoms with Gasteiger partial charge in [0.2, 0.25) is 5.91 Å². The van der Waals surface area contributed by atoms with Crippen molar-refractivity contribution in [2.24, 2.45) is 17.3 Å². The van der Waals surface area contributed by atoms with Crippen LogP contribution in [0.1, 0.15) is 24.8 Å². The predicted molar refractivity (Wildman–Crippen MR) is 78.0 cm³/mol. The molecule has 1 aromatic rings. The van der Waals surface area contributed by atoms with Gasteiger partial charge in [-0.3, -0.25) is 9.59 Å². The average molecular weight is 309 g/mol. The highest BCUT2D eigenvalue weighted by atomic mass is 32.1. The van der Waals surface area contributed by atoms with Crippen LogP contribution in [0.3, 0.4) is 0 Å². The van der Waals surface area contributed by atoms with Gasteiger partial charge in [0.05, 0.1) is 25.0 Å². The molecular weight excluding hydrogens is 290 g/mol. The van der Waals surface area contributed by atoms with Crippen LogP contribution in [0.25, 0.3) is 0 Å². The molecule has 3 rings (SSSR count). The minimum Gasteiger partial charge on any atom is -0.481 e. The van der Waals surface area contributed by atoms with Gasteiger partial charge in [0, 0.05) is 11.4 Å². The molecule has 5 nitrogen and oxygen atoms in total. The van der Waals surface area contributed by atoms with Crippen molar-refractivity contribution >= 4 is 23.2 Å². The van der Waals surface area contributed by atoms with Gasteiger partial charge in [0.15, 0.2) is 0 Å². The maximum Gasteiger partial charge on any atom is 0.307 e. The number of nitrogens with zero attached hydrogens (tertiary/aromatic N) is 1. The van der Waals surface area contributed by atoms with Gasteiger partial charge in [-0.15, -0.1) is 11.3 Å². The van der Waals surface area contributed by atoms with E-state index in [2.05, 4.69) is 0 Å². The van der Waals surface area contributed by atoms with Gasteiger partial charge in [-0.05, 0) is 16.9 Å². The van der Waals surface area contributed by atoms with E-state index in [-0.39, 0.29) is 12.0 Å². The number of hydrogen-bond donors (Lipinski definition) is 1. The zero-order chi connectivity index (χ0) is 15.2. The Balaban J connectivity index is 1.70. The van der Waals surface area contributed by atoms with E-state index in [1.54, 1.807) is 16.2 Å². The van der Waals surface area contributed by atoms with Crippen molar-refractivity contribution in [2.45, 2.75) is 20.0 Å². The molecule has 1 aliphatic carbocycles. The molecule has 1 unspecified atom stereocenters. The van der Waals surface area contributed by atoms with E-state index in [1.807, 2.05) is 31.4 Å². The normalized spacial score (nSPS) is 31.0. The van der Waals surface area contributed by atoms with E-state index in [4.69, 9.17) is 4.74 Å². The van der Waals surface area contributed by atoms with Crippen molar-refractivity contribution in [1.82, 2.24) is 4.90 Å². The maximum atomic E-state index is 12.6. The largest absolute Gasteiger partial charge is 0.481 e. The Labute approximate surface area is 127 Å². The summed E-state index contributed by atoms with van der Waals surface area (Å²) in [5.41, 5.74) is -0.445. The summed E-state index contributed by atoms with van der Waals surface area (Å²) in [7, 11) is 0. The Morgan fingerprint density at radius 3 is 2.76 bits per heavy atom. The number of amides is 1. The fourth-order valence-electron chi connectivity index (χ4n) is 3.25. The van der Waals surface area contributed by atoms with Crippen LogP contribution in [0.5, 0.6) is 0 Å². The molecule has 2 fully saturated rings. The van der Waals surface area contributed by atoms with Gasteiger partial charge < -0.3 is 14.7 Å². The second kappa shape index (κ2) is 5.10. The van der Waals surface area contributed by atoms with E-state index in [1.165, 1.54) is 0 Å². The highest BCUT2D eigenvalue weighted by Gasteiger charge is 2.66. The lowest BCUT2D eigenvalue weighted by atomic mass is 10.1. The molecule has 0 radical (unpaired) electrons. The van der Waals surface area contributed by atoms with Crippen molar-refractivity contribution in [3.05, 3.63) is 22.4 Å². The Morgan fingerprint density at radius 1 is 1.43 bits per heavy atom. The van der Waals surface area contributed by atoms with Crippen LogP contribution in [-0.2, 0) is 14.3 Å². The van der Waals surface area contributed by atoms with Gasteiger partial charge in [-0.25, -0.2) is 0 Å². The summed E-state index contributed by atoms with van der Waals surface area (Å²) in [6.45, 7) is 5.26. The third-order valence-electron chi connectivity index (χ3n) is 4.60. The highest BCUT2D eigenvalue weighted by Crippen LogP contribution is 2.59. The third kappa shape index (κ3) is 2.46. The smallest absolute Gasteiger partial charge is 0.307 e. The first kappa shape index (κ1) is 14.5. The lowest BCUT2D eigenvalue weighted by Gasteiger charge is -2.33. The zero-order valence-electron chi connectivity index (χ0n) is 12.1. The van der Waals surface area contributed by atoms with Crippen molar-refractivity contribution in [3.8, 4) is 0 Å². The Kier molecular flexibility index (Phi) is 3.53. The molecule has 3 atom stereocenters. The van der Waals surface area contributed by atoms with Crippen LogP contribution in [0.4, 0.5) is 0 Å². The summed E-state index contributed by atoms with van der Waals surface area (Å²) in [5.74, 6) is -1.89. The molecule has 1 saturated heterocycles. The van der Waals surface area contributed by atoms with Crippen LogP contribution in [-0.4, -0.2) is 41.6 Å². The highest BCUT2D eigenvalue weighted by molar-refractivity contribution is 7.10. The molecule has 114 valence electrons. The Morgan fingerprint density at radius 2 is 2.19 bits per heavy atom. The molecule has 21 heavy (non-hydrogen) atoms. The van der Waals surface area contributed by atoms with Gasteiger partial charge in [-0.2, -0.15) is 0 Å². The Bertz CT molecular complexity index is 554. The predicted octanol–water partition coefficient (Wildman–Crippen LogP) is 2.00. The molecule has 0 bridgehead atoms. The molecule has 1 amide bonds. The van der Waals surface area contributed by atoms with Gasteiger partial charge in [0.25, 0.3) is 0 Å². The van der Waals surface area contributed by atoms with Crippen molar-refractivity contribution in [2.75, 3.05) is 19.7 Å². The van der Waals surface area contributed by atoms with E-state index in [9.17, 15) is 14.7 Å². The van der Waals surface area contributed by atoms with Crippen LogP contribution >= 0.6 is 11.3 Å². The summed E-state index contributed by atoms with van der Waals surface area (Å²) in [6, 6.07) is 3.97. The lowest BCUT2D eigenvalue weighted by molar-refractivity contribution is -0.145. The molecule has 1 N–H and O–H groups in total. The number of morpholine rings is 1. The molecule has 0 spiro atoms. The SMILES string of the molecule is CC1(C)[C@H](C(=O)O)[C@@H]1C(=O)N1CCOC(c2cccs2)C1. The number of carboxylic acids is 1. The fourth-order valence-corrected chi connectivity index (χ4v) is 4.02. The molecule has 2 aliphatic rings. The monoisotopic (exact) mass is 309 g/mol. The van der Waals surface area contributed by atoms with E-state index in [0.29, 0.717) is 19.7 Å². The molecule has 6 heteroatoms. The summed E-state index contributed by atoms with van der Waals surface area (Å²) in [6.07, 6.45) is -0.0900. The number of hydrogen-bond acceptors (Lipinski definition) is 4. The minimum atomic E-state index is -0.874. The number of ether oxygens (including phenoxy) is 1. The van der Waals surface area contributed by atoms with Crippen molar-refractivity contribution in [3.63, 3.8) is 0 Å². The lowest BCUT2D eigenvalue weighted by Crippen LogP contribution is -2.43. The van der Waals surface area contributed by atoms with E-state index in [0.717, 1.165) is 4.88 Å². The fraction of sp³-hybridized carbons (Fsp3) is 0.600. The van der Waals surface area contributed by atoms with Gasteiger partial charge in [0.1, 0.15) is 6.10 Å². The van der Waals surface area contributed by atoms with Gasteiger partial charge in [-0.1, -0.05) is 19.9 Å². The first-order valence-corrected chi connectivity index (χ1v) is 7.97. The summed E-state index contributed by atoms with van der Waals surface area (Å²) >= 11 is 1.62. The van der Waals surface area contributed by atoms with E-state index >= 15 is 0 Å². The number of aliphatic carboxylic acids is 1. The van der Waals surface area contributed by atoms with E-state index < -0.39 is 23.2 Å². The van der Waals surface area contributed by atoms with Crippen LogP contribution in [0.15, 0.2) is 17.5 Å². The zero-order valence-corrected chi connectivity index (χ0v) is 12.9. The number of thiophene rings is 1. The van der Waals surface area contributed by atoms with Crippen LogP contribution in [0, 0.1) is 17.3 Å². The summed E-state index contributed by atoms with van der Waals surface area (Å²) < 4.78 is 5.73. The number of carbonyl (C=O) groups is 2. The number of rotatable bonds is 3. The second-order valence-corrected chi connectivity index (χ2v) is 7.25. The topological polar surface area (TPSA) is 66.8 Å². The van der Waals surface area contributed by atoms with Crippen LogP contribution < -0.4 is 0 Å². The quantitative estimate of drug-likeness (QED) is 0.927. The molecule has 1 aromatic heterocycles. The van der Waals surface area contributed by atoms with Crippen molar-refractivity contribution < 1.29 is 19.4 Å². The Hall–Kier alpha value is -1.40. The summed E-state index contributed by atoms with van der Waals surface area (Å²) in [5, 5.41) is 11.2. The first-order chi connectivity index (χ1) is 9.93. The number of carbonyl (C=O) groups excluding carboxylic acids is 1. The number of carboxylic acid groups (broad SMARTS) is 1.